The van der Waals surface area contributed by atoms with E-state index in [4.69, 9.17) is 4.74 Å². The van der Waals surface area contributed by atoms with Crippen molar-refractivity contribution in [2.75, 3.05) is 6.61 Å². The molecule has 0 unspecified atom stereocenters. The molecule has 0 fully saturated rings. The first-order chi connectivity index (χ1) is 5.25. The molecule has 0 saturated heterocycles. The quantitative estimate of drug-likeness (QED) is 0.576. The maximum atomic E-state index is 11.1. The summed E-state index contributed by atoms with van der Waals surface area (Å²) >= 11 is 0. The lowest BCUT2D eigenvalue weighted by molar-refractivity contribution is -0.117. The van der Waals surface area contributed by atoms with Gasteiger partial charge in [0.25, 0.3) is 0 Å². The van der Waals surface area contributed by atoms with Crippen LogP contribution in [0.5, 0.6) is 0 Å². The van der Waals surface area contributed by atoms with Gasteiger partial charge in [0.1, 0.15) is 6.61 Å². The minimum Gasteiger partial charge on any atom is -0.486 e. The summed E-state index contributed by atoms with van der Waals surface area (Å²) < 4.78 is 5.19. The third-order valence-electron chi connectivity index (χ3n) is 1.71. The van der Waals surface area contributed by atoms with Gasteiger partial charge in [0, 0.05) is 6.42 Å². The number of hydrogen-bond donors (Lipinski definition) is 0. The van der Waals surface area contributed by atoms with Gasteiger partial charge in [-0.15, -0.1) is 0 Å². The van der Waals surface area contributed by atoms with Gasteiger partial charge in [-0.2, -0.15) is 0 Å². The Balaban J connectivity index is 2.59. The molecule has 60 valence electrons. The maximum Gasteiger partial charge on any atom is 0.197 e. The van der Waals surface area contributed by atoms with Gasteiger partial charge in [-0.1, -0.05) is 12.7 Å². The predicted octanol–water partition coefficient (Wildman–Crippen LogP) is 1.83. The molecule has 0 aromatic heterocycles. The van der Waals surface area contributed by atoms with Gasteiger partial charge in [0.05, 0.1) is 0 Å². The van der Waals surface area contributed by atoms with E-state index < -0.39 is 0 Å². The molecule has 2 heteroatoms. The molecular weight excluding hydrogens is 140 g/mol. The van der Waals surface area contributed by atoms with Crippen LogP contribution in [0.1, 0.15) is 19.8 Å². The van der Waals surface area contributed by atoms with Gasteiger partial charge in [-0.25, -0.2) is 0 Å². The van der Waals surface area contributed by atoms with Crippen LogP contribution in [0.15, 0.2) is 24.0 Å². The fourth-order valence-electron chi connectivity index (χ4n) is 1.11. The summed E-state index contributed by atoms with van der Waals surface area (Å²) in [7, 11) is 0. The minimum atomic E-state index is 0.129. The number of ether oxygens (including phenoxy) is 1. The van der Waals surface area contributed by atoms with Crippen LogP contribution < -0.4 is 0 Å². The normalized spacial score (nSPS) is 17.4. The molecule has 1 aliphatic carbocycles. The van der Waals surface area contributed by atoms with Crippen LogP contribution in [-0.2, 0) is 9.53 Å². The highest BCUT2D eigenvalue weighted by Gasteiger charge is 2.20. The number of carbonyl (C=O) groups is 1. The molecule has 0 aliphatic heterocycles. The Kier molecular flexibility index (Phi) is 2.47. The van der Waals surface area contributed by atoms with Gasteiger partial charge < -0.3 is 4.74 Å². The number of carbonyl (C=O) groups excluding carboxylic acids is 1. The molecule has 1 aliphatic rings. The monoisotopic (exact) mass is 152 g/mol. The van der Waals surface area contributed by atoms with Crippen molar-refractivity contribution in [2.24, 2.45) is 0 Å². The zero-order valence-electron chi connectivity index (χ0n) is 6.72. The lowest BCUT2D eigenvalue weighted by atomic mass is 10.3. The average molecular weight is 152 g/mol. The summed E-state index contributed by atoms with van der Waals surface area (Å²) in [5.74, 6) is 0.689. The summed E-state index contributed by atoms with van der Waals surface area (Å²) in [6.45, 7) is 5.88. The molecule has 0 bridgehead atoms. The van der Waals surface area contributed by atoms with Crippen molar-refractivity contribution in [2.45, 2.75) is 19.8 Å². The average Bonchev–Trinajstić information content (AvgIpc) is 2.29. The van der Waals surface area contributed by atoms with E-state index in [-0.39, 0.29) is 5.78 Å². The number of Topliss-reactive ketones (excluding diaryl/α,β-unsaturated/α-hetero) is 1. The highest BCUT2D eigenvalue weighted by atomic mass is 16.5. The second-order valence-electron chi connectivity index (χ2n) is 2.63. The first kappa shape index (κ1) is 8.05. The largest absolute Gasteiger partial charge is 0.486 e. The predicted molar refractivity (Wildman–Crippen MR) is 43.1 cm³/mol. The number of rotatable bonds is 3. The van der Waals surface area contributed by atoms with Crippen molar-refractivity contribution in [3.63, 3.8) is 0 Å². The van der Waals surface area contributed by atoms with E-state index in [0.717, 1.165) is 12.0 Å². The van der Waals surface area contributed by atoms with Crippen LogP contribution in [0.2, 0.25) is 0 Å². The Bertz CT molecular complexity index is 214. The Morgan fingerprint density at radius 1 is 1.64 bits per heavy atom. The second-order valence-corrected chi connectivity index (χ2v) is 2.63. The molecule has 1 rings (SSSR count). The molecule has 0 amide bonds. The SMILES string of the molecule is C=CCOC1=C(C)CCC1=O. The van der Waals surface area contributed by atoms with E-state index >= 15 is 0 Å². The lowest BCUT2D eigenvalue weighted by Gasteiger charge is -2.02. The highest BCUT2D eigenvalue weighted by molar-refractivity contribution is 5.96. The van der Waals surface area contributed by atoms with Crippen LogP contribution >= 0.6 is 0 Å². The fraction of sp³-hybridized carbons (Fsp3) is 0.444. The molecular formula is C9H12O2. The maximum absolute atomic E-state index is 11.1. The topological polar surface area (TPSA) is 26.3 Å². The van der Waals surface area contributed by atoms with Gasteiger partial charge >= 0.3 is 0 Å². The minimum absolute atomic E-state index is 0.129. The summed E-state index contributed by atoms with van der Waals surface area (Å²) in [6, 6.07) is 0. The van der Waals surface area contributed by atoms with Crippen LogP contribution in [0, 0.1) is 0 Å². The zero-order valence-corrected chi connectivity index (χ0v) is 6.72. The van der Waals surface area contributed by atoms with E-state index in [2.05, 4.69) is 6.58 Å². The zero-order chi connectivity index (χ0) is 8.27. The molecule has 0 radical (unpaired) electrons. The van der Waals surface area contributed by atoms with Crippen LogP contribution in [-0.4, -0.2) is 12.4 Å². The summed E-state index contributed by atoms with van der Waals surface area (Å²) in [5.41, 5.74) is 1.07. The number of hydrogen-bond acceptors (Lipinski definition) is 2. The summed E-state index contributed by atoms with van der Waals surface area (Å²) in [5, 5.41) is 0. The molecule has 0 spiro atoms. The fourth-order valence-corrected chi connectivity index (χ4v) is 1.11. The van der Waals surface area contributed by atoms with E-state index in [1.165, 1.54) is 0 Å². The summed E-state index contributed by atoms with van der Waals surface area (Å²) in [6.07, 6.45) is 3.11. The van der Waals surface area contributed by atoms with E-state index in [1.54, 1.807) is 6.08 Å². The van der Waals surface area contributed by atoms with Gasteiger partial charge in [-0.05, 0) is 18.9 Å². The van der Waals surface area contributed by atoms with Crippen molar-refractivity contribution < 1.29 is 9.53 Å². The molecule has 0 N–H and O–H groups in total. The Labute approximate surface area is 66.5 Å². The Morgan fingerprint density at radius 2 is 2.36 bits per heavy atom. The highest BCUT2D eigenvalue weighted by Crippen LogP contribution is 2.22. The lowest BCUT2D eigenvalue weighted by Crippen LogP contribution is -2.01. The van der Waals surface area contributed by atoms with E-state index in [1.807, 2.05) is 6.92 Å². The third kappa shape index (κ3) is 1.70. The van der Waals surface area contributed by atoms with Gasteiger partial charge in [0.2, 0.25) is 0 Å². The van der Waals surface area contributed by atoms with Crippen LogP contribution in [0.4, 0.5) is 0 Å². The van der Waals surface area contributed by atoms with Crippen LogP contribution in [0.25, 0.3) is 0 Å². The molecule has 0 atom stereocenters. The number of ketones is 1. The molecule has 11 heavy (non-hydrogen) atoms. The van der Waals surface area contributed by atoms with Gasteiger partial charge in [-0.3, -0.25) is 4.79 Å². The van der Waals surface area contributed by atoms with Crippen molar-refractivity contribution in [1.82, 2.24) is 0 Å². The van der Waals surface area contributed by atoms with Gasteiger partial charge in [0.15, 0.2) is 11.5 Å². The number of allylic oxidation sites excluding steroid dienone is 2. The van der Waals surface area contributed by atoms with Crippen molar-refractivity contribution in [1.29, 1.82) is 0 Å². The standard InChI is InChI=1S/C9H12O2/c1-3-6-11-9-7(2)4-5-8(9)10/h3H,1,4-6H2,2H3. The molecule has 0 aromatic rings. The molecule has 0 aromatic carbocycles. The molecule has 2 nitrogen and oxygen atoms in total. The Morgan fingerprint density at radius 3 is 2.82 bits per heavy atom. The van der Waals surface area contributed by atoms with Crippen LogP contribution in [0.3, 0.4) is 0 Å². The molecule has 0 heterocycles. The van der Waals surface area contributed by atoms with E-state index in [9.17, 15) is 4.79 Å². The first-order valence-electron chi connectivity index (χ1n) is 3.72. The first-order valence-corrected chi connectivity index (χ1v) is 3.72. The Hall–Kier alpha value is -1.05. The second kappa shape index (κ2) is 3.37. The van der Waals surface area contributed by atoms with Crippen molar-refractivity contribution in [3.05, 3.63) is 24.0 Å². The molecule has 0 saturated carbocycles. The van der Waals surface area contributed by atoms with Crippen molar-refractivity contribution >= 4 is 5.78 Å². The smallest absolute Gasteiger partial charge is 0.197 e. The van der Waals surface area contributed by atoms with Crippen molar-refractivity contribution in [3.8, 4) is 0 Å². The summed E-state index contributed by atoms with van der Waals surface area (Å²) in [4.78, 5) is 11.1. The van der Waals surface area contributed by atoms with E-state index in [0.29, 0.717) is 18.8 Å². The third-order valence-corrected chi connectivity index (χ3v) is 1.71.